The minimum absolute atomic E-state index is 0. The Balaban J connectivity index is 0.00000400. The summed E-state index contributed by atoms with van der Waals surface area (Å²) >= 11 is 0. The summed E-state index contributed by atoms with van der Waals surface area (Å²) in [7, 11) is 0. The number of nitrogens with zero attached hydrogens (tertiary/aromatic N) is 3. The Bertz CT molecular complexity index is 446. The molecule has 0 radical (unpaired) electrons. The lowest BCUT2D eigenvalue weighted by molar-refractivity contribution is 0.0878. The van der Waals surface area contributed by atoms with Crippen molar-refractivity contribution in [2.75, 3.05) is 6.54 Å². The Labute approximate surface area is 133 Å². The Morgan fingerprint density at radius 3 is 2.52 bits per heavy atom. The smallest absolute Gasteiger partial charge is 0.273 e. The Morgan fingerprint density at radius 2 is 2.05 bits per heavy atom. The molecule has 1 unspecified atom stereocenters. The van der Waals surface area contributed by atoms with Crippen LogP contribution in [-0.4, -0.2) is 33.0 Å². The van der Waals surface area contributed by atoms with Gasteiger partial charge in [-0.25, -0.2) is 0 Å². The van der Waals surface area contributed by atoms with Gasteiger partial charge in [0.1, 0.15) is 0 Å². The molecular formula is C14H28ClN5O. The lowest BCUT2D eigenvalue weighted by atomic mass is 9.88. The van der Waals surface area contributed by atoms with Gasteiger partial charge in [-0.15, -0.1) is 17.5 Å². The monoisotopic (exact) mass is 317 g/mol. The SMILES string of the molecule is CC(C)CCn1cc(C(=O)NC(C)(CN)C(C)C)nn1.Cl. The highest BCUT2D eigenvalue weighted by atomic mass is 35.5. The van der Waals surface area contributed by atoms with Crippen LogP contribution in [0, 0.1) is 11.8 Å². The first kappa shape index (κ1) is 19.9. The number of rotatable bonds is 7. The molecule has 0 saturated carbocycles. The van der Waals surface area contributed by atoms with Gasteiger partial charge >= 0.3 is 0 Å². The van der Waals surface area contributed by atoms with Crippen LogP contribution in [0.3, 0.4) is 0 Å². The molecule has 1 rings (SSSR count). The molecule has 1 aromatic heterocycles. The summed E-state index contributed by atoms with van der Waals surface area (Å²) in [6.07, 6.45) is 2.70. The van der Waals surface area contributed by atoms with E-state index in [0.29, 0.717) is 18.2 Å². The summed E-state index contributed by atoms with van der Waals surface area (Å²) in [5, 5.41) is 10.9. The number of nitrogens with one attached hydrogen (secondary N) is 1. The number of nitrogens with two attached hydrogens (primary N) is 1. The van der Waals surface area contributed by atoms with Gasteiger partial charge < -0.3 is 11.1 Å². The van der Waals surface area contributed by atoms with Crippen molar-refractivity contribution in [2.45, 2.75) is 53.1 Å². The van der Waals surface area contributed by atoms with Crippen molar-refractivity contribution in [1.82, 2.24) is 20.3 Å². The zero-order valence-electron chi connectivity index (χ0n) is 13.6. The van der Waals surface area contributed by atoms with Gasteiger partial charge in [-0.05, 0) is 25.2 Å². The van der Waals surface area contributed by atoms with Crippen molar-refractivity contribution in [2.24, 2.45) is 17.6 Å². The van der Waals surface area contributed by atoms with Crippen LogP contribution in [0.25, 0.3) is 0 Å². The zero-order valence-corrected chi connectivity index (χ0v) is 14.4. The second-order valence-electron chi connectivity index (χ2n) is 6.28. The molecule has 21 heavy (non-hydrogen) atoms. The number of carbonyl (C=O) groups is 1. The van der Waals surface area contributed by atoms with E-state index in [1.165, 1.54) is 0 Å². The van der Waals surface area contributed by atoms with Crippen molar-refractivity contribution in [3.63, 3.8) is 0 Å². The first-order chi connectivity index (χ1) is 9.28. The fourth-order valence-electron chi connectivity index (χ4n) is 1.66. The van der Waals surface area contributed by atoms with Crippen molar-refractivity contribution in [3.05, 3.63) is 11.9 Å². The highest BCUT2D eigenvalue weighted by Gasteiger charge is 2.29. The van der Waals surface area contributed by atoms with E-state index < -0.39 is 5.54 Å². The molecule has 1 atom stereocenters. The van der Waals surface area contributed by atoms with E-state index in [-0.39, 0.29) is 24.2 Å². The fraction of sp³-hybridized carbons (Fsp3) is 0.786. The van der Waals surface area contributed by atoms with Crippen LogP contribution in [0.4, 0.5) is 0 Å². The largest absolute Gasteiger partial charge is 0.344 e. The van der Waals surface area contributed by atoms with Crippen LogP contribution in [0.5, 0.6) is 0 Å². The number of hydrogen-bond donors (Lipinski definition) is 2. The minimum Gasteiger partial charge on any atom is -0.344 e. The lowest BCUT2D eigenvalue weighted by Gasteiger charge is -2.33. The van der Waals surface area contributed by atoms with E-state index in [0.717, 1.165) is 13.0 Å². The molecule has 6 nitrogen and oxygen atoms in total. The molecule has 1 aromatic rings. The highest BCUT2D eigenvalue weighted by molar-refractivity contribution is 5.92. The van der Waals surface area contributed by atoms with Crippen LogP contribution < -0.4 is 11.1 Å². The number of amides is 1. The quantitative estimate of drug-likeness (QED) is 0.803. The van der Waals surface area contributed by atoms with Gasteiger partial charge in [0.25, 0.3) is 5.91 Å². The van der Waals surface area contributed by atoms with Gasteiger partial charge in [0.2, 0.25) is 0 Å². The van der Waals surface area contributed by atoms with E-state index in [4.69, 9.17) is 5.73 Å². The van der Waals surface area contributed by atoms with Crippen molar-refractivity contribution in [1.29, 1.82) is 0 Å². The molecule has 0 aliphatic carbocycles. The van der Waals surface area contributed by atoms with Crippen LogP contribution in [0.1, 0.15) is 51.5 Å². The van der Waals surface area contributed by atoms with Crippen LogP contribution in [0.15, 0.2) is 6.20 Å². The number of aromatic nitrogens is 3. The second kappa shape index (κ2) is 8.34. The van der Waals surface area contributed by atoms with E-state index in [1.54, 1.807) is 10.9 Å². The average molecular weight is 318 g/mol. The minimum atomic E-state index is -0.432. The van der Waals surface area contributed by atoms with Crippen LogP contribution in [-0.2, 0) is 6.54 Å². The summed E-state index contributed by atoms with van der Waals surface area (Å²) in [4.78, 5) is 12.2. The third-order valence-electron chi connectivity index (χ3n) is 3.80. The van der Waals surface area contributed by atoms with E-state index in [1.807, 2.05) is 20.8 Å². The van der Waals surface area contributed by atoms with E-state index in [2.05, 4.69) is 29.5 Å². The molecule has 1 amide bonds. The standard InChI is InChI=1S/C14H27N5O.ClH/c1-10(2)6-7-19-8-12(17-18-19)13(20)16-14(5,9-15)11(3)4;/h8,10-11H,6-7,9,15H2,1-5H3,(H,16,20);1H. The van der Waals surface area contributed by atoms with Gasteiger partial charge in [0.05, 0.1) is 11.7 Å². The summed E-state index contributed by atoms with van der Waals surface area (Å²) in [6, 6.07) is 0. The maximum atomic E-state index is 12.2. The zero-order chi connectivity index (χ0) is 15.3. The van der Waals surface area contributed by atoms with Crippen molar-refractivity contribution >= 4 is 18.3 Å². The Hall–Kier alpha value is -1.14. The number of hydrogen-bond acceptors (Lipinski definition) is 4. The van der Waals surface area contributed by atoms with Gasteiger partial charge in [0, 0.05) is 13.1 Å². The van der Waals surface area contributed by atoms with E-state index in [9.17, 15) is 4.79 Å². The molecular weight excluding hydrogens is 290 g/mol. The molecule has 1 heterocycles. The molecule has 0 saturated heterocycles. The molecule has 0 aromatic carbocycles. The first-order valence-corrected chi connectivity index (χ1v) is 7.21. The molecule has 0 bridgehead atoms. The summed E-state index contributed by atoms with van der Waals surface area (Å²) < 4.78 is 1.71. The molecule has 122 valence electrons. The molecule has 7 heteroatoms. The maximum Gasteiger partial charge on any atom is 0.273 e. The fourth-order valence-corrected chi connectivity index (χ4v) is 1.66. The third-order valence-corrected chi connectivity index (χ3v) is 3.80. The van der Waals surface area contributed by atoms with E-state index >= 15 is 0 Å². The third kappa shape index (κ3) is 5.63. The van der Waals surface area contributed by atoms with Gasteiger partial charge in [-0.3, -0.25) is 9.48 Å². The molecule has 0 aliphatic rings. The second-order valence-corrected chi connectivity index (χ2v) is 6.28. The summed E-state index contributed by atoms with van der Waals surface area (Å²) in [5.74, 6) is 0.618. The maximum absolute atomic E-state index is 12.2. The molecule has 0 aliphatic heterocycles. The highest BCUT2D eigenvalue weighted by Crippen LogP contribution is 2.15. The predicted octanol–water partition coefficient (Wildman–Crippen LogP) is 1.85. The molecule has 0 spiro atoms. The van der Waals surface area contributed by atoms with Gasteiger partial charge in [0.15, 0.2) is 5.69 Å². The van der Waals surface area contributed by atoms with Gasteiger partial charge in [-0.2, -0.15) is 0 Å². The predicted molar refractivity (Wildman–Crippen MR) is 86.5 cm³/mol. The Morgan fingerprint density at radius 1 is 1.43 bits per heavy atom. The summed E-state index contributed by atoms with van der Waals surface area (Å²) in [5.41, 5.74) is 5.67. The number of carbonyl (C=O) groups excluding carboxylic acids is 1. The normalized spacial score (nSPS) is 13.9. The lowest BCUT2D eigenvalue weighted by Crippen LogP contribution is -2.55. The van der Waals surface area contributed by atoms with Crippen LogP contribution in [0.2, 0.25) is 0 Å². The topological polar surface area (TPSA) is 85.8 Å². The van der Waals surface area contributed by atoms with Gasteiger partial charge in [-0.1, -0.05) is 32.9 Å². The molecule has 3 N–H and O–H groups in total. The van der Waals surface area contributed by atoms with Crippen molar-refractivity contribution < 1.29 is 4.79 Å². The average Bonchev–Trinajstić information content (AvgIpc) is 2.84. The first-order valence-electron chi connectivity index (χ1n) is 7.21. The molecule has 0 fully saturated rings. The summed E-state index contributed by atoms with van der Waals surface area (Å²) in [6.45, 7) is 11.5. The van der Waals surface area contributed by atoms with Crippen molar-refractivity contribution in [3.8, 4) is 0 Å². The number of halogens is 1. The number of aryl methyl sites for hydroxylation is 1. The van der Waals surface area contributed by atoms with Crippen LogP contribution >= 0.6 is 12.4 Å². The Kier molecular flexibility index (Phi) is 7.89.